The third-order valence-corrected chi connectivity index (χ3v) is 4.49. The largest absolute Gasteiger partial charge is 0.335 e. The van der Waals surface area contributed by atoms with Crippen molar-refractivity contribution in [2.75, 3.05) is 16.9 Å². The molecule has 0 unspecified atom stereocenters. The van der Waals surface area contributed by atoms with E-state index in [-0.39, 0.29) is 28.0 Å². The van der Waals surface area contributed by atoms with Gasteiger partial charge in [-0.15, -0.1) is 10.2 Å². The highest BCUT2D eigenvalue weighted by Gasteiger charge is 2.16. The average Bonchev–Trinajstić information content (AvgIpc) is 2.97. The lowest BCUT2D eigenvalue weighted by atomic mass is 10.2. The van der Waals surface area contributed by atoms with Crippen molar-refractivity contribution in [1.29, 1.82) is 0 Å². The van der Waals surface area contributed by atoms with E-state index in [1.807, 2.05) is 0 Å². The van der Waals surface area contributed by atoms with Crippen molar-refractivity contribution in [3.05, 3.63) is 59.1 Å². The third kappa shape index (κ3) is 3.94. The number of aromatic nitrogens is 3. The van der Waals surface area contributed by atoms with Gasteiger partial charge in [0.05, 0.1) is 17.0 Å². The summed E-state index contributed by atoms with van der Waals surface area (Å²) in [7, 11) is 0. The molecule has 0 aliphatic heterocycles. The van der Waals surface area contributed by atoms with E-state index in [0.29, 0.717) is 5.02 Å². The minimum Gasteiger partial charge on any atom is -0.335 e. The molecule has 1 aromatic heterocycles. The molecule has 0 radical (unpaired) electrons. The number of benzene rings is 2. The molecule has 3 N–H and O–H groups in total. The van der Waals surface area contributed by atoms with Gasteiger partial charge in [-0.3, -0.25) is 4.79 Å². The van der Waals surface area contributed by atoms with E-state index < -0.39 is 17.5 Å². The van der Waals surface area contributed by atoms with Gasteiger partial charge < -0.3 is 11.2 Å². The zero-order chi connectivity index (χ0) is 18.7. The maximum Gasteiger partial charge on any atom is 0.234 e. The van der Waals surface area contributed by atoms with Crippen molar-refractivity contribution in [3.63, 3.8) is 0 Å². The van der Waals surface area contributed by atoms with Crippen molar-refractivity contribution >= 4 is 35.0 Å². The van der Waals surface area contributed by atoms with Crippen LogP contribution in [0.3, 0.4) is 0 Å². The van der Waals surface area contributed by atoms with Crippen molar-refractivity contribution in [1.82, 2.24) is 14.9 Å². The summed E-state index contributed by atoms with van der Waals surface area (Å²) in [6.07, 6.45) is 0. The minimum atomic E-state index is -0.600. The van der Waals surface area contributed by atoms with Gasteiger partial charge in [0.15, 0.2) is 5.82 Å². The van der Waals surface area contributed by atoms with E-state index in [2.05, 4.69) is 15.5 Å². The summed E-state index contributed by atoms with van der Waals surface area (Å²) >= 11 is 6.76. The van der Waals surface area contributed by atoms with Crippen molar-refractivity contribution in [2.45, 2.75) is 5.16 Å². The molecule has 0 saturated heterocycles. The average molecular weight is 396 g/mol. The van der Waals surface area contributed by atoms with Crippen LogP contribution in [0, 0.1) is 11.6 Å². The first-order chi connectivity index (χ1) is 12.5. The second kappa shape index (κ2) is 7.71. The minimum absolute atomic E-state index is 0.0237. The SMILES string of the molecule is Nn1c(SCC(=O)Nc2cc(Cl)ccc2F)nnc1-c1ccccc1F. The molecule has 1 amide bonds. The van der Waals surface area contributed by atoms with Gasteiger partial charge >= 0.3 is 0 Å². The normalized spacial score (nSPS) is 10.7. The first kappa shape index (κ1) is 18.2. The third-order valence-electron chi connectivity index (χ3n) is 3.31. The lowest BCUT2D eigenvalue weighted by molar-refractivity contribution is -0.113. The van der Waals surface area contributed by atoms with Crippen LogP contribution >= 0.6 is 23.4 Å². The molecule has 6 nitrogen and oxygen atoms in total. The Labute approximate surface area is 156 Å². The molecule has 10 heteroatoms. The Morgan fingerprint density at radius 3 is 2.73 bits per heavy atom. The number of nitrogens with zero attached hydrogens (tertiary/aromatic N) is 3. The van der Waals surface area contributed by atoms with E-state index in [0.717, 1.165) is 22.5 Å². The number of hydrogen-bond acceptors (Lipinski definition) is 5. The molecule has 0 aliphatic rings. The van der Waals surface area contributed by atoms with Crippen molar-refractivity contribution < 1.29 is 13.6 Å². The van der Waals surface area contributed by atoms with Gasteiger partial charge in [0.2, 0.25) is 11.1 Å². The molecule has 0 aliphatic carbocycles. The zero-order valence-corrected chi connectivity index (χ0v) is 14.7. The lowest BCUT2D eigenvalue weighted by Gasteiger charge is -2.07. The summed E-state index contributed by atoms with van der Waals surface area (Å²) in [5, 5.41) is 10.6. The fourth-order valence-corrected chi connectivity index (χ4v) is 2.94. The molecule has 0 spiro atoms. The van der Waals surface area contributed by atoms with Crippen molar-refractivity contribution in [3.8, 4) is 11.4 Å². The van der Waals surface area contributed by atoms with Crippen LogP contribution < -0.4 is 11.2 Å². The quantitative estimate of drug-likeness (QED) is 0.511. The summed E-state index contributed by atoms with van der Waals surface area (Å²) in [4.78, 5) is 12.0. The number of carbonyl (C=O) groups is 1. The summed E-state index contributed by atoms with van der Waals surface area (Å²) in [5.74, 6) is 4.35. The number of thioether (sulfide) groups is 1. The van der Waals surface area contributed by atoms with Crippen LogP contribution in [-0.4, -0.2) is 26.5 Å². The Hall–Kier alpha value is -2.65. The number of nitrogen functional groups attached to an aromatic ring is 1. The summed E-state index contributed by atoms with van der Waals surface area (Å²) in [6, 6.07) is 9.83. The van der Waals surface area contributed by atoms with Gasteiger partial charge in [0.25, 0.3) is 0 Å². The van der Waals surface area contributed by atoms with Crippen LogP contribution in [0.2, 0.25) is 5.02 Å². The van der Waals surface area contributed by atoms with Crippen LogP contribution in [0.1, 0.15) is 0 Å². The molecule has 2 aromatic carbocycles. The highest BCUT2D eigenvalue weighted by Crippen LogP contribution is 2.24. The van der Waals surface area contributed by atoms with E-state index in [4.69, 9.17) is 17.4 Å². The maximum absolute atomic E-state index is 13.8. The van der Waals surface area contributed by atoms with Gasteiger partial charge in [-0.05, 0) is 30.3 Å². The molecule has 26 heavy (non-hydrogen) atoms. The number of nitrogens with two attached hydrogens (primary N) is 1. The molecule has 134 valence electrons. The first-order valence-corrected chi connectivity index (χ1v) is 8.65. The highest BCUT2D eigenvalue weighted by molar-refractivity contribution is 7.99. The number of nitrogens with one attached hydrogen (secondary N) is 1. The Kier molecular flexibility index (Phi) is 5.38. The van der Waals surface area contributed by atoms with Gasteiger partial charge in [0, 0.05) is 5.02 Å². The second-order valence-corrected chi connectivity index (χ2v) is 6.50. The Morgan fingerprint density at radius 2 is 1.96 bits per heavy atom. The van der Waals surface area contributed by atoms with E-state index in [1.165, 1.54) is 24.3 Å². The molecule has 3 aromatic rings. The number of rotatable bonds is 5. The molecule has 3 rings (SSSR count). The topological polar surface area (TPSA) is 85.8 Å². The summed E-state index contributed by atoms with van der Waals surface area (Å²) in [6.45, 7) is 0. The summed E-state index contributed by atoms with van der Waals surface area (Å²) < 4.78 is 28.6. The van der Waals surface area contributed by atoms with E-state index >= 15 is 0 Å². The fraction of sp³-hybridized carbons (Fsp3) is 0.0625. The lowest BCUT2D eigenvalue weighted by Crippen LogP contribution is -2.17. The molecule has 0 bridgehead atoms. The van der Waals surface area contributed by atoms with Gasteiger partial charge in [-0.25, -0.2) is 13.5 Å². The zero-order valence-electron chi connectivity index (χ0n) is 13.1. The number of amides is 1. The molecular weight excluding hydrogens is 384 g/mol. The Balaban J connectivity index is 1.68. The van der Waals surface area contributed by atoms with Crippen LogP contribution in [0.4, 0.5) is 14.5 Å². The monoisotopic (exact) mass is 395 g/mol. The predicted molar refractivity (Wildman–Crippen MR) is 96.3 cm³/mol. The van der Waals surface area contributed by atoms with Crippen molar-refractivity contribution in [2.24, 2.45) is 0 Å². The molecule has 0 atom stereocenters. The second-order valence-electron chi connectivity index (χ2n) is 5.12. The van der Waals surface area contributed by atoms with Gasteiger partial charge in [-0.1, -0.05) is 35.5 Å². The molecule has 0 saturated carbocycles. The highest BCUT2D eigenvalue weighted by atomic mass is 35.5. The van der Waals surface area contributed by atoms with Crippen LogP contribution in [-0.2, 0) is 4.79 Å². The van der Waals surface area contributed by atoms with Gasteiger partial charge in [0.1, 0.15) is 11.6 Å². The number of hydrogen-bond donors (Lipinski definition) is 2. The maximum atomic E-state index is 13.8. The predicted octanol–water partition coefficient (Wildman–Crippen LogP) is 3.32. The number of carbonyl (C=O) groups excluding carboxylic acids is 1. The number of halogens is 3. The van der Waals surface area contributed by atoms with Crippen LogP contribution in [0.25, 0.3) is 11.4 Å². The van der Waals surface area contributed by atoms with E-state index in [1.54, 1.807) is 12.1 Å². The van der Waals surface area contributed by atoms with Gasteiger partial charge in [-0.2, -0.15) is 0 Å². The number of anilines is 1. The smallest absolute Gasteiger partial charge is 0.234 e. The first-order valence-electron chi connectivity index (χ1n) is 7.29. The Morgan fingerprint density at radius 1 is 1.19 bits per heavy atom. The molecule has 0 fully saturated rings. The molecular formula is C16H12ClF2N5OS. The summed E-state index contributed by atoms with van der Waals surface area (Å²) in [5.41, 5.74) is 0.171. The van der Waals surface area contributed by atoms with Crippen LogP contribution in [0.5, 0.6) is 0 Å². The standard InChI is InChI=1S/C16H12ClF2N5OS/c17-9-5-6-12(19)13(7-9)21-14(25)8-26-16-23-22-15(24(16)20)10-3-1-2-4-11(10)18/h1-7H,8,20H2,(H,21,25). The molecule has 1 heterocycles. The fourth-order valence-electron chi connectivity index (χ4n) is 2.11. The van der Waals surface area contributed by atoms with E-state index in [9.17, 15) is 13.6 Å². The van der Waals surface area contributed by atoms with Crippen LogP contribution in [0.15, 0.2) is 47.6 Å². The Bertz CT molecular complexity index is 966.